The Hall–Kier alpha value is -1.18. The number of benzene rings is 1. The van der Waals surface area contributed by atoms with Gasteiger partial charge in [-0.05, 0) is 31.2 Å². The molecule has 1 saturated carbocycles. The Bertz CT molecular complexity index is 438. The Morgan fingerprint density at radius 2 is 2.29 bits per heavy atom. The number of aliphatic hydroxyl groups is 1. The van der Waals surface area contributed by atoms with E-state index in [1.54, 1.807) is 11.8 Å². The molecule has 17 heavy (non-hydrogen) atoms. The van der Waals surface area contributed by atoms with Crippen molar-refractivity contribution in [3.05, 3.63) is 23.8 Å². The zero-order valence-electron chi connectivity index (χ0n) is 9.89. The average molecular weight is 248 g/mol. The number of thioether (sulfide) groups is 1. The number of hydrogen-bond acceptors (Lipinski definition) is 4. The lowest BCUT2D eigenvalue weighted by molar-refractivity contribution is 0.301. The van der Waals surface area contributed by atoms with E-state index in [4.69, 9.17) is 5.11 Å². The highest BCUT2D eigenvalue weighted by Gasteiger charge is 2.30. The number of hydrogen-bond donors (Lipinski definition) is 1. The van der Waals surface area contributed by atoms with Gasteiger partial charge in [0.15, 0.2) is 0 Å². The third-order valence-corrected chi connectivity index (χ3v) is 3.75. The summed E-state index contributed by atoms with van der Waals surface area (Å²) in [5.74, 6) is 0. The molecule has 0 saturated heterocycles. The van der Waals surface area contributed by atoms with Gasteiger partial charge in [0.2, 0.25) is 0 Å². The molecule has 3 nitrogen and oxygen atoms in total. The molecule has 90 valence electrons. The molecule has 0 atom stereocenters. The molecule has 4 heteroatoms. The first kappa shape index (κ1) is 12.3. The molecule has 0 aromatic heterocycles. The van der Waals surface area contributed by atoms with Crippen LogP contribution in [-0.4, -0.2) is 30.6 Å². The molecule has 0 unspecified atom stereocenters. The van der Waals surface area contributed by atoms with Gasteiger partial charge in [0.05, 0.1) is 17.9 Å². The molecule has 0 heterocycles. The van der Waals surface area contributed by atoms with Crippen molar-refractivity contribution in [1.82, 2.24) is 0 Å². The Labute approximate surface area is 106 Å². The van der Waals surface area contributed by atoms with E-state index >= 15 is 0 Å². The van der Waals surface area contributed by atoms with Gasteiger partial charge in [-0.15, -0.1) is 11.8 Å². The minimum Gasteiger partial charge on any atom is -0.395 e. The molecule has 0 spiro atoms. The van der Waals surface area contributed by atoms with Gasteiger partial charge in [-0.25, -0.2) is 0 Å². The molecule has 1 aliphatic rings. The highest BCUT2D eigenvalue weighted by atomic mass is 32.2. The van der Waals surface area contributed by atoms with Gasteiger partial charge in [-0.2, -0.15) is 5.26 Å². The van der Waals surface area contributed by atoms with E-state index in [1.807, 2.05) is 24.5 Å². The summed E-state index contributed by atoms with van der Waals surface area (Å²) in [6, 6.07) is 8.73. The highest BCUT2D eigenvalue weighted by molar-refractivity contribution is 7.98. The molecular formula is C13H16N2OS. The molecule has 1 aromatic carbocycles. The van der Waals surface area contributed by atoms with Crippen LogP contribution in [0.15, 0.2) is 23.1 Å². The second-order valence-electron chi connectivity index (χ2n) is 4.11. The van der Waals surface area contributed by atoms with Crippen molar-refractivity contribution in [3.8, 4) is 6.07 Å². The highest BCUT2D eigenvalue weighted by Crippen LogP contribution is 2.36. The molecule has 1 N–H and O–H groups in total. The van der Waals surface area contributed by atoms with Crippen LogP contribution in [0.4, 0.5) is 5.69 Å². The predicted molar refractivity (Wildman–Crippen MR) is 70.4 cm³/mol. The van der Waals surface area contributed by atoms with Gasteiger partial charge < -0.3 is 10.0 Å². The standard InChI is InChI=1S/C13H16N2OS/c1-17-13-4-2-3-12(11(13)9-14)15(7-8-16)10-5-6-10/h2-4,10,16H,5-8H2,1H3. The fraction of sp³-hybridized carbons (Fsp3) is 0.462. The van der Waals surface area contributed by atoms with E-state index < -0.39 is 0 Å². The number of anilines is 1. The summed E-state index contributed by atoms with van der Waals surface area (Å²) in [7, 11) is 0. The van der Waals surface area contributed by atoms with E-state index in [2.05, 4.69) is 11.0 Å². The monoisotopic (exact) mass is 248 g/mol. The first-order valence-corrected chi connectivity index (χ1v) is 6.99. The summed E-state index contributed by atoms with van der Waals surface area (Å²) in [5, 5.41) is 18.4. The van der Waals surface area contributed by atoms with Crippen LogP contribution in [0.25, 0.3) is 0 Å². The normalized spacial score (nSPS) is 14.4. The van der Waals surface area contributed by atoms with Crippen LogP contribution in [0, 0.1) is 11.3 Å². The molecule has 0 radical (unpaired) electrons. The van der Waals surface area contributed by atoms with E-state index in [-0.39, 0.29) is 6.61 Å². The predicted octanol–water partition coefficient (Wildman–Crippen LogP) is 2.24. The average Bonchev–Trinajstić information content (AvgIpc) is 3.19. The summed E-state index contributed by atoms with van der Waals surface area (Å²) in [6.07, 6.45) is 4.30. The number of aliphatic hydroxyl groups excluding tert-OH is 1. The Morgan fingerprint density at radius 3 is 2.82 bits per heavy atom. The van der Waals surface area contributed by atoms with Crippen molar-refractivity contribution >= 4 is 17.4 Å². The minimum atomic E-state index is 0.130. The lowest BCUT2D eigenvalue weighted by Gasteiger charge is -2.25. The summed E-state index contributed by atoms with van der Waals surface area (Å²) in [5.41, 5.74) is 1.70. The minimum absolute atomic E-state index is 0.130. The fourth-order valence-corrected chi connectivity index (χ4v) is 2.60. The first-order chi connectivity index (χ1) is 8.31. The lowest BCUT2D eigenvalue weighted by Crippen LogP contribution is -2.29. The molecule has 0 bridgehead atoms. The molecule has 1 aliphatic carbocycles. The Balaban J connectivity index is 2.38. The Morgan fingerprint density at radius 1 is 1.53 bits per heavy atom. The van der Waals surface area contributed by atoms with Gasteiger partial charge in [-0.3, -0.25) is 0 Å². The van der Waals surface area contributed by atoms with Crippen molar-refractivity contribution in [2.45, 2.75) is 23.8 Å². The van der Waals surface area contributed by atoms with Crippen molar-refractivity contribution in [2.75, 3.05) is 24.3 Å². The van der Waals surface area contributed by atoms with E-state index in [0.717, 1.165) is 29.0 Å². The van der Waals surface area contributed by atoms with E-state index in [9.17, 15) is 5.26 Å². The van der Waals surface area contributed by atoms with Gasteiger partial charge in [0.1, 0.15) is 6.07 Å². The van der Waals surface area contributed by atoms with Crippen LogP contribution in [0.2, 0.25) is 0 Å². The van der Waals surface area contributed by atoms with Crippen molar-refractivity contribution < 1.29 is 5.11 Å². The molecule has 2 rings (SSSR count). The summed E-state index contributed by atoms with van der Waals surface area (Å²) < 4.78 is 0. The smallest absolute Gasteiger partial charge is 0.103 e. The van der Waals surface area contributed by atoms with Crippen LogP contribution in [-0.2, 0) is 0 Å². The third kappa shape index (κ3) is 2.56. The maximum Gasteiger partial charge on any atom is 0.103 e. The zero-order chi connectivity index (χ0) is 12.3. The van der Waals surface area contributed by atoms with E-state index in [0.29, 0.717) is 12.6 Å². The topological polar surface area (TPSA) is 47.3 Å². The number of nitrogens with zero attached hydrogens (tertiary/aromatic N) is 2. The molecular weight excluding hydrogens is 232 g/mol. The van der Waals surface area contributed by atoms with E-state index in [1.165, 1.54) is 0 Å². The van der Waals surface area contributed by atoms with Crippen LogP contribution in [0.1, 0.15) is 18.4 Å². The van der Waals surface area contributed by atoms with Crippen LogP contribution < -0.4 is 4.90 Å². The van der Waals surface area contributed by atoms with Gasteiger partial charge >= 0.3 is 0 Å². The lowest BCUT2D eigenvalue weighted by atomic mass is 10.1. The summed E-state index contributed by atoms with van der Waals surface area (Å²) >= 11 is 1.59. The summed E-state index contributed by atoms with van der Waals surface area (Å²) in [4.78, 5) is 3.17. The summed E-state index contributed by atoms with van der Waals surface area (Å²) in [6.45, 7) is 0.738. The molecule has 1 fully saturated rings. The molecule has 0 amide bonds. The van der Waals surface area contributed by atoms with Crippen LogP contribution in [0.5, 0.6) is 0 Å². The number of nitriles is 1. The van der Waals surface area contributed by atoms with Gasteiger partial charge in [-0.1, -0.05) is 6.07 Å². The fourth-order valence-electron chi connectivity index (χ4n) is 2.04. The second-order valence-corrected chi connectivity index (χ2v) is 4.96. The molecule has 1 aromatic rings. The largest absolute Gasteiger partial charge is 0.395 e. The number of rotatable bonds is 5. The van der Waals surface area contributed by atoms with Crippen molar-refractivity contribution in [1.29, 1.82) is 5.26 Å². The van der Waals surface area contributed by atoms with Crippen LogP contribution >= 0.6 is 11.8 Å². The van der Waals surface area contributed by atoms with Gasteiger partial charge in [0.25, 0.3) is 0 Å². The third-order valence-electron chi connectivity index (χ3n) is 2.97. The zero-order valence-corrected chi connectivity index (χ0v) is 10.7. The molecule has 0 aliphatic heterocycles. The second kappa shape index (κ2) is 5.44. The SMILES string of the molecule is CSc1cccc(N(CCO)C2CC2)c1C#N. The van der Waals surface area contributed by atoms with Crippen molar-refractivity contribution in [3.63, 3.8) is 0 Å². The van der Waals surface area contributed by atoms with Crippen LogP contribution in [0.3, 0.4) is 0 Å². The van der Waals surface area contributed by atoms with Gasteiger partial charge in [0, 0.05) is 17.5 Å². The van der Waals surface area contributed by atoms with Crippen molar-refractivity contribution in [2.24, 2.45) is 0 Å². The Kier molecular flexibility index (Phi) is 3.93. The quantitative estimate of drug-likeness (QED) is 0.812. The maximum atomic E-state index is 9.30. The maximum absolute atomic E-state index is 9.30. The first-order valence-electron chi connectivity index (χ1n) is 5.76.